The Morgan fingerprint density at radius 1 is 1.42 bits per heavy atom. The molecular weight excluding hydrogens is 248 g/mol. The third-order valence-corrected chi connectivity index (χ3v) is 2.60. The van der Waals surface area contributed by atoms with Gasteiger partial charge in [-0.05, 0) is 19.1 Å². The van der Waals surface area contributed by atoms with Crippen LogP contribution in [0, 0.1) is 0 Å². The molecule has 106 valence electrons. The Morgan fingerprint density at radius 2 is 2.11 bits per heavy atom. The normalized spacial score (nSPS) is 11.1. The molecule has 0 unspecified atom stereocenters. The lowest BCUT2D eigenvalue weighted by Gasteiger charge is -2.26. The highest BCUT2D eigenvalue weighted by Crippen LogP contribution is 2.14. The second-order valence-electron chi connectivity index (χ2n) is 4.60. The highest BCUT2D eigenvalue weighted by Gasteiger charge is 2.24. The molecule has 6 heteroatoms. The molecule has 19 heavy (non-hydrogen) atoms. The van der Waals surface area contributed by atoms with E-state index in [1.807, 2.05) is 0 Å². The van der Waals surface area contributed by atoms with Crippen LogP contribution in [-0.4, -0.2) is 41.5 Å². The molecule has 0 radical (unpaired) electrons. The van der Waals surface area contributed by atoms with E-state index in [9.17, 15) is 4.79 Å². The number of aliphatic hydroxyl groups is 2. The second-order valence-corrected chi connectivity index (χ2v) is 4.60. The number of hydrogen-bond donors (Lipinski definition) is 4. The molecule has 6 nitrogen and oxygen atoms in total. The topological polar surface area (TPSA) is 105 Å². The summed E-state index contributed by atoms with van der Waals surface area (Å²) in [6, 6.07) is 6.93. The van der Waals surface area contributed by atoms with Crippen molar-refractivity contribution in [3.05, 3.63) is 24.3 Å². The van der Waals surface area contributed by atoms with Crippen LogP contribution in [0.4, 0.5) is 5.69 Å². The fraction of sp³-hybridized carbons (Fsp3) is 0.462. The van der Waals surface area contributed by atoms with Crippen LogP contribution >= 0.6 is 0 Å². The fourth-order valence-electron chi connectivity index (χ4n) is 1.39. The van der Waals surface area contributed by atoms with Gasteiger partial charge in [-0.15, -0.1) is 0 Å². The standard InChI is InChI=1S/C13H20N2O4/c1-13(8-16,9-17)15-12(18)5-6-19-11-4-2-3-10(14)7-11/h2-4,7,16-17H,5-6,8-9,14H2,1H3,(H,15,18). The van der Waals surface area contributed by atoms with Gasteiger partial charge in [0.15, 0.2) is 0 Å². The summed E-state index contributed by atoms with van der Waals surface area (Å²) in [6.45, 7) is 1.10. The predicted molar refractivity (Wildman–Crippen MR) is 71.7 cm³/mol. The number of nitrogen functional groups attached to an aromatic ring is 1. The summed E-state index contributed by atoms with van der Waals surface area (Å²) >= 11 is 0. The lowest BCUT2D eigenvalue weighted by Crippen LogP contribution is -2.51. The van der Waals surface area contributed by atoms with Crippen LogP contribution in [-0.2, 0) is 4.79 Å². The summed E-state index contributed by atoms with van der Waals surface area (Å²) < 4.78 is 5.37. The molecule has 5 N–H and O–H groups in total. The van der Waals surface area contributed by atoms with E-state index in [2.05, 4.69) is 5.32 Å². The number of amides is 1. The van der Waals surface area contributed by atoms with Gasteiger partial charge in [0, 0.05) is 11.8 Å². The minimum absolute atomic E-state index is 0.129. The number of carbonyl (C=O) groups excluding carboxylic acids is 1. The summed E-state index contributed by atoms with van der Waals surface area (Å²) in [5.41, 5.74) is 5.18. The van der Waals surface area contributed by atoms with Crippen molar-refractivity contribution in [3.63, 3.8) is 0 Å². The van der Waals surface area contributed by atoms with Crippen LogP contribution in [0.5, 0.6) is 5.75 Å². The quantitative estimate of drug-likeness (QED) is 0.517. The molecule has 0 fully saturated rings. The van der Waals surface area contributed by atoms with Crippen molar-refractivity contribution >= 4 is 11.6 Å². The van der Waals surface area contributed by atoms with Gasteiger partial charge in [-0.3, -0.25) is 4.79 Å². The lowest BCUT2D eigenvalue weighted by atomic mass is 10.1. The van der Waals surface area contributed by atoms with E-state index in [0.29, 0.717) is 11.4 Å². The summed E-state index contributed by atoms with van der Waals surface area (Å²) in [4.78, 5) is 11.6. The Labute approximate surface area is 112 Å². The molecule has 1 aromatic rings. The molecule has 1 aromatic carbocycles. The Morgan fingerprint density at radius 3 is 2.68 bits per heavy atom. The van der Waals surface area contributed by atoms with E-state index in [4.69, 9.17) is 20.7 Å². The zero-order valence-corrected chi connectivity index (χ0v) is 10.9. The number of nitrogens with two attached hydrogens (primary N) is 1. The van der Waals surface area contributed by atoms with E-state index in [1.54, 1.807) is 31.2 Å². The molecular formula is C13H20N2O4. The molecule has 0 atom stereocenters. The van der Waals surface area contributed by atoms with Crippen LogP contribution in [0.25, 0.3) is 0 Å². The fourth-order valence-corrected chi connectivity index (χ4v) is 1.39. The van der Waals surface area contributed by atoms with Gasteiger partial charge >= 0.3 is 0 Å². The minimum Gasteiger partial charge on any atom is -0.493 e. The van der Waals surface area contributed by atoms with Gasteiger partial charge in [0.25, 0.3) is 0 Å². The third kappa shape index (κ3) is 5.15. The number of ether oxygens (including phenoxy) is 1. The van der Waals surface area contributed by atoms with Gasteiger partial charge in [-0.25, -0.2) is 0 Å². The first-order chi connectivity index (χ1) is 8.99. The number of benzene rings is 1. The largest absolute Gasteiger partial charge is 0.493 e. The molecule has 0 spiro atoms. The highest BCUT2D eigenvalue weighted by atomic mass is 16.5. The average molecular weight is 268 g/mol. The molecule has 0 saturated heterocycles. The van der Waals surface area contributed by atoms with E-state index in [0.717, 1.165) is 0 Å². The van der Waals surface area contributed by atoms with Crippen LogP contribution in [0.15, 0.2) is 24.3 Å². The molecule has 0 aliphatic rings. The van der Waals surface area contributed by atoms with Crippen molar-refractivity contribution in [2.75, 3.05) is 25.6 Å². The number of rotatable bonds is 7. The monoisotopic (exact) mass is 268 g/mol. The summed E-state index contributed by atoms with van der Waals surface area (Å²) in [7, 11) is 0. The first-order valence-corrected chi connectivity index (χ1v) is 6.00. The Bertz CT molecular complexity index is 419. The minimum atomic E-state index is -1.01. The van der Waals surface area contributed by atoms with Gasteiger partial charge in [0.05, 0.1) is 31.8 Å². The number of carbonyl (C=O) groups is 1. The average Bonchev–Trinajstić information content (AvgIpc) is 2.38. The third-order valence-electron chi connectivity index (χ3n) is 2.60. The highest BCUT2D eigenvalue weighted by molar-refractivity contribution is 5.76. The van der Waals surface area contributed by atoms with Crippen molar-refractivity contribution in [2.45, 2.75) is 18.9 Å². The van der Waals surface area contributed by atoms with Gasteiger partial charge in [0.2, 0.25) is 5.91 Å². The molecule has 0 aliphatic carbocycles. The van der Waals surface area contributed by atoms with Gasteiger partial charge in [0.1, 0.15) is 5.75 Å². The van der Waals surface area contributed by atoms with E-state index in [-0.39, 0.29) is 32.1 Å². The zero-order chi connectivity index (χ0) is 14.3. The molecule has 0 saturated carbocycles. The maximum atomic E-state index is 11.6. The van der Waals surface area contributed by atoms with Crippen molar-refractivity contribution in [3.8, 4) is 5.75 Å². The van der Waals surface area contributed by atoms with Crippen molar-refractivity contribution in [2.24, 2.45) is 0 Å². The molecule has 0 bridgehead atoms. The summed E-state index contributed by atoms with van der Waals surface area (Å²) in [5, 5.41) is 20.6. The Hall–Kier alpha value is -1.79. The van der Waals surface area contributed by atoms with Gasteiger partial charge < -0.3 is 26.0 Å². The van der Waals surface area contributed by atoms with Gasteiger partial charge in [-0.2, -0.15) is 0 Å². The number of hydrogen-bond acceptors (Lipinski definition) is 5. The Kier molecular flexibility index (Phi) is 5.59. The van der Waals surface area contributed by atoms with E-state index < -0.39 is 5.54 Å². The first-order valence-electron chi connectivity index (χ1n) is 6.00. The number of nitrogens with one attached hydrogen (secondary N) is 1. The number of anilines is 1. The SMILES string of the molecule is CC(CO)(CO)NC(=O)CCOc1cccc(N)c1. The van der Waals surface area contributed by atoms with Crippen LogP contribution in [0.1, 0.15) is 13.3 Å². The molecule has 0 aromatic heterocycles. The van der Waals surface area contributed by atoms with E-state index in [1.165, 1.54) is 0 Å². The van der Waals surface area contributed by atoms with Crippen molar-refractivity contribution in [1.82, 2.24) is 5.32 Å². The lowest BCUT2D eigenvalue weighted by molar-refractivity contribution is -0.124. The molecule has 0 aliphatic heterocycles. The first kappa shape index (κ1) is 15.3. The Balaban J connectivity index is 2.35. The molecule has 0 heterocycles. The molecule has 1 amide bonds. The smallest absolute Gasteiger partial charge is 0.224 e. The van der Waals surface area contributed by atoms with Crippen LogP contribution in [0.3, 0.4) is 0 Å². The zero-order valence-electron chi connectivity index (χ0n) is 10.9. The second kappa shape index (κ2) is 6.96. The maximum Gasteiger partial charge on any atom is 0.224 e. The summed E-state index contributed by atoms with van der Waals surface area (Å²) in [6.07, 6.45) is 0.129. The maximum absolute atomic E-state index is 11.6. The van der Waals surface area contributed by atoms with Crippen molar-refractivity contribution < 1.29 is 19.7 Å². The predicted octanol–water partition coefficient (Wildman–Crippen LogP) is -0.103. The summed E-state index contributed by atoms with van der Waals surface area (Å²) in [5.74, 6) is 0.300. The number of aliphatic hydroxyl groups excluding tert-OH is 2. The molecule has 1 rings (SSSR count). The van der Waals surface area contributed by atoms with E-state index >= 15 is 0 Å². The van der Waals surface area contributed by atoms with Crippen LogP contribution < -0.4 is 15.8 Å². The van der Waals surface area contributed by atoms with Crippen molar-refractivity contribution in [1.29, 1.82) is 0 Å². The van der Waals surface area contributed by atoms with Gasteiger partial charge in [-0.1, -0.05) is 6.07 Å². The van der Waals surface area contributed by atoms with Crippen LogP contribution in [0.2, 0.25) is 0 Å².